The predicted molar refractivity (Wildman–Crippen MR) is 99.3 cm³/mol. The molecule has 2 heterocycles. The Kier molecular flexibility index (Phi) is 5.59. The Morgan fingerprint density at radius 3 is 2.75 bits per heavy atom. The molecule has 0 unspecified atom stereocenters. The standard InChI is InChI=1S/C19H27ClN4/c1-14(2)18-17(19(20)23(3)22-18)11-21-16-9-10-24(13-16)12-15-7-5-4-6-8-15/h4-8,14,16,21H,9-13H2,1-3H3/t16-/m1/s1. The summed E-state index contributed by atoms with van der Waals surface area (Å²) in [4.78, 5) is 2.52. The summed E-state index contributed by atoms with van der Waals surface area (Å²) >= 11 is 6.43. The lowest BCUT2D eigenvalue weighted by Gasteiger charge is -2.17. The molecule has 1 aromatic carbocycles. The highest BCUT2D eigenvalue weighted by atomic mass is 35.5. The number of nitrogens with zero attached hydrogens (tertiary/aromatic N) is 3. The third kappa shape index (κ3) is 4.00. The van der Waals surface area contributed by atoms with E-state index in [0.29, 0.717) is 12.0 Å². The van der Waals surface area contributed by atoms with E-state index < -0.39 is 0 Å². The first-order valence-electron chi connectivity index (χ1n) is 8.75. The van der Waals surface area contributed by atoms with E-state index in [9.17, 15) is 0 Å². The van der Waals surface area contributed by atoms with Gasteiger partial charge in [0.25, 0.3) is 0 Å². The number of rotatable bonds is 6. The van der Waals surface area contributed by atoms with Crippen LogP contribution in [0.25, 0.3) is 0 Å². The predicted octanol–water partition coefficient (Wildman–Crippen LogP) is 3.56. The molecule has 0 aliphatic carbocycles. The lowest BCUT2D eigenvalue weighted by Crippen LogP contribution is -2.32. The third-order valence-corrected chi connectivity index (χ3v) is 5.21. The molecule has 1 saturated heterocycles. The van der Waals surface area contributed by atoms with Crippen LogP contribution in [0.3, 0.4) is 0 Å². The lowest BCUT2D eigenvalue weighted by molar-refractivity contribution is 0.320. The maximum absolute atomic E-state index is 6.43. The van der Waals surface area contributed by atoms with E-state index in [0.717, 1.165) is 42.6 Å². The van der Waals surface area contributed by atoms with Crippen LogP contribution in [0.4, 0.5) is 0 Å². The van der Waals surface area contributed by atoms with E-state index >= 15 is 0 Å². The third-order valence-electron chi connectivity index (χ3n) is 4.74. The van der Waals surface area contributed by atoms with Gasteiger partial charge in [0.15, 0.2) is 0 Å². The van der Waals surface area contributed by atoms with E-state index in [1.54, 1.807) is 4.68 Å². The number of hydrogen-bond acceptors (Lipinski definition) is 3. The van der Waals surface area contributed by atoms with Crippen LogP contribution in [0.15, 0.2) is 30.3 Å². The Morgan fingerprint density at radius 2 is 2.04 bits per heavy atom. The SMILES string of the molecule is CC(C)c1nn(C)c(Cl)c1CN[C@@H]1CCN(Cc2ccccc2)C1. The Bertz CT molecular complexity index is 666. The molecule has 1 aromatic heterocycles. The van der Waals surface area contributed by atoms with Crippen molar-refractivity contribution in [2.24, 2.45) is 7.05 Å². The van der Waals surface area contributed by atoms with Crippen LogP contribution in [0.5, 0.6) is 0 Å². The van der Waals surface area contributed by atoms with E-state index in [-0.39, 0.29) is 0 Å². The van der Waals surface area contributed by atoms with Gasteiger partial charge in [0, 0.05) is 44.8 Å². The first kappa shape index (κ1) is 17.5. The van der Waals surface area contributed by atoms with Crippen molar-refractivity contribution in [2.75, 3.05) is 13.1 Å². The minimum atomic E-state index is 0.388. The van der Waals surface area contributed by atoms with Crippen molar-refractivity contribution in [2.45, 2.75) is 45.3 Å². The fourth-order valence-electron chi connectivity index (χ4n) is 3.43. The molecule has 1 N–H and O–H groups in total. The number of benzene rings is 1. The zero-order chi connectivity index (χ0) is 17.1. The van der Waals surface area contributed by atoms with Gasteiger partial charge in [-0.2, -0.15) is 5.10 Å². The Balaban J connectivity index is 1.55. The zero-order valence-corrected chi connectivity index (χ0v) is 15.6. The Hall–Kier alpha value is -1.36. The lowest BCUT2D eigenvalue weighted by atomic mass is 10.1. The van der Waals surface area contributed by atoms with Crippen molar-refractivity contribution < 1.29 is 0 Å². The summed E-state index contributed by atoms with van der Waals surface area (Å²) in [6.07, 6.45) is 1.18. The normalized spacial score (nSPS) is 18.6. The molecule has 4 nitrogen and oxygen atoms in total. The maximum Gasteiger partial charge on any atom is 0.131 e. The molecule has 130 valence electrons. The fourth-order valence-corrected chi connectivity index (χ4v) is 3.63. The van der Waals surface area contributed by atoms with E-state index in [2.05, 4.69) is 59.5 Å². The van der Waals surface area contributed by atoms with Crippen molar-refractivity contribution >= 4 is 11.6 Å². The molecule has 0 amide bonds. The number of likely N-dealkylation sites (tertiary alicyclic amines) is 1. The topological polar surface area (TPSA) is 33.1 Å². The first-order valence-corrected chi connectivity index (χ1v) is 9.13. The number of aromatic nitrogens is 2. The fraction of sp³-hybridized carbons (Fsp3) is 0.526. The molecular formula is C19H27ClN4. The second kappa shape index (κ2) is 7.68. The Labute approximate surface area is 149 Å². The van der Waals surface area contributed by atoms with Gasteiger partial charge in [-0.15, -0.1) is 0 Å². The van der Waals surface area contributed by atoms with Crippen LogP contribution in [-0.4, -0.2) is 33.8 Å². The molecule has 3 rings (SSSR count). The number of halogens is 1. The van der Waals surface area contributed by atoms with Gasteiger partial charge >= 0.3 is 0 Å². The molecular weight excluding hydrogens is 320 g/mol. The van der Waals surface area contributed by atoms with Crippen molar-refractivity contribution in [1.29, 1.82) is 0 Å². The molecule has 1 aliphatic rings. The van der Waals surface area contributed by atoms with Gasteiger partial charge in [-0.25, -0.2) is 0 Å². The summed E-state index contributed by atoms with van der Waals surface area (Å²) in [5.41, 5.74) is 3.64. The highest BCUT2D eigenvalue weighted by Crippen LogP contribution is 2.25. The van der Waals surface area contributed by atoms with Gasteiger partial charge in [-0.1, -0.05) is 55.8 Å². The Morgan fingerprint density at radius 1 is 1.29 bits per heavy atom. The monoisotopic (exact) mass is 346 g/mol. The van der Waals surface area contributed by atoms with E-state index in [1.807, 2.05) is 7.05 Å². The molecule has 1 atom stereocenters. The molecule has 1 fully saturated rings. The van der Waals surface area contributed by atoms with Crippen molar-refractivity contribution in [3.63, 3.8) is 0 Å². The van der Waals surface area contributed by atoms with Gasteiger partial charge in [0.2, 0.25) is 0 Å². The maximum atomic E-state index is 6.43. The van der Waals surface area contributed by atoms with Gasteiger partial charge in [0.1, 0.15) is 5.15 Å². The van der Waals surface area contributed by atoms with Gasteiger partial charge in [-0.3, -0.25) is 9.58 Å². The van der Waals surface area contributed by atoms with E-state index in [4.69, 9.17) is 11.6 Å². The number of nitrogens with one attached hydrogen (secondary N) is 1. The molecule has 24 heavy (non-hydrogen) atoms. The average Bonchev–Trinajstić information content (AvgIpc) is 3.12. The van der Waals surface area contributed by atoms with Gasteiger partial charge < -0.3 is 5.32 Å². The van der Waals surface area contributed by atoms with Crippen LogP contribution in [0, 0.1) is 0 Å². The minimum Gasteiger partial charge on any atom is -0.308 e. The number of aryl methyl sites for hydroxylation is 1. The second-order valence-corrected chi connectivity index (χ2v) is 7.38. The molecule has 0 spiro atoms. The van der Waals surface area contributed by atoms with Crippen LogP contribution in [0.1, 0.15) is 43.0 Å². The van der Waals surface area contributed by atoms with Crippen LogP contribution in [0.2, 0.25) is 5.15 Å². The highest BCUT2D eigenvalue weighted by molar-refractivity contribution is 6.30. The molecule has 1 aliphatic heterocycles. The molecule has 2 aromatic rings. The smallest absolute Gasteiger partial charge is 0.131 e. The van der Waals surface area contributed by atoms with Gasteiger partial charge in [0.05, 0.1) is 5.69 Å². The van der Waals surface area contributed by atoms with Crippen LogP contribution in [-0.2, 0) is 20.1 Å². The molecule has 0 radical (unpaired) electrons. The first-order chi connectivity index (χ1) is 11.5. The zero-order valence-electron chi connectivity index (χ0n) is 14.8. The summed E-state index contributed by atoms with van der Waals surface area (Å²) < 4.78 is 1.78. The average molecular weight is 347 g/mol. The van der Waals surface area contributed by atoms with Crippen LogP contribution >= 0.6 is 11.6 Å². The molecule has 5 heteroatoms. The summed E-state index contributed by atoms with van der Waals surface area (Å²) in [5, 5.41) is 9.00. The van der Waals surface area contributed by atoms with Gasteiger partial charge in [-0.05, 0) is 17.9 Å². The summed E-state index contributed by atoms with van der Waals surface area (Å²) in [6.45, 7) is 8.39. The second-order valence-electron chi connectivity index (χ2n) is 7.02. The quantitative estimate of drug-likeness (QED) is 0.868. The molecule has 0 saturated carbocycles. The number of hydrogen-bond donors (Lipinski definition) is 1. The molecule has 0 bridgehead atoms. The van der Waals surface area contributed by atoms with Crippen molar-refractivity contribution in [3.8, 4) is 0 Å². The van der Waals surface area contributed by atoms with E-state index in [1.165, 1.54) is 12.0 Å². The minimum absolute atomic E-state index is 0.388. The largest absolute Gasteiger partial charge is 0.308 e. The van der Waals surface area contributed by atoms with Crippen molar-refractivity contribution in [3.05, 3.63) is 52.3 Å². The van der Waals surface area contributed by atoms with Crippen LogP contribution < -0.4 is 5.32 Å². The van der Waals surface area contributed by atoms with Crippen molar-refractivity contribution in [1.82, 2.24) is 20.0 Å². The summed E-state index contributed by atoms with van der Waals surface area (Å²) in [5.74, 6) is 0.388. The summed E-state index contributed by atoms with van der Waals surface area (Å²) in [6, 6.07) is 11.2. The highest BCUT2D eigenvalue weighted by Gasteiger charge is 2.24. The summed E-state index contributed by atoms with van der Waals surface area (Å²) in [7, 11) is 1.91.